The Morgan fingerprint density at radius 1 is 1.33 bits per heavy atom. The fourth-order valence-electron chi connectivity index (χ4n) is 1.68. The summed E-state index contributed by atoms with van der Waals surface area (Å²) in [6.07, 6.45) is 5.10. The molecule has 0 aliphatic carbocycles. The van der Waals surface area contributed by atoms with Crippen molar-refractivity contribution in [2.24, 2.45) is 0 Å². The molecule has 0 spiro atoms. The molecule has 0 unspecified atom stereocenters. The van der Waals surface area contributed by atoms with Crippen LogP contribution in [0, 0.1) is 0 Å². The quantitative estimate of drug-likeness (QED) is 0.814. The van der Waals surface area contributed by atoms with Crippen molar-refractivity contribution in [2.45, 2.75) is 26.4 Å². The molecule has 0 aliphatic rings. The number of hydrogen-bond acceptors (Lipinski definition) is 2. The van der Waals surface area contributed by atoms with Crippen LogP contribution in [0.4, 0.5) is 0 Å². The number of nitrogens with zero attached hydrogens (tertiary/aromatic N) is 3. The number of hydrogen-bond donors (Lipinski definition) is 0. The van der Waals surface area contributed by atoms with Crippen LogP contribution >= 0.6 is 23.2 Å². The molecule has 0 saturated carbocycles. The van der Waals surface area contributed by atoms with Crippen LogP contribution in [0.1, 0.15) is 25.5 Å². The number of rotatable bonds is 3. The van der Waals surface area contributed by atoms with Crippen molar-refractivity contribution >= 4 is 23.2 Å². The van der Waals surface area contributed by atoms with E-state index in [0.717, 1.165) is 5.56 Å². The Kier molecular flexibility index (Phi) is 3.78. The van der Waals surface area contributed by atoms with Crippen LogP contribution < -0.4 is 5.69 Å². The molecule has 96 valence electrons. The van der Waals surface area contributed by atoms with E-state index >= 15 is 0 Å². The molecule has 0 atom stereocenters. The highest BCUT2D eigenvalue weighted by Crippen LogP contribution is 2.19. The highest BCUT2D eigenvalue weighted by Gasteiger charge is 2.09. The van der Waals surface area contributed by atoms with Crippen LogP contribution in [0.5, 0.6) is 0 Å². The first-order valence-corrected chi connectivity index (χ1v) is 6.32. The molecule has 2 aromatic heterocycles. The predicted octanol–water partition coefficient (Wildman–Crippen LogP) is 2.98. The van der Waals surface area contributed by atoms with E-state index in [1.165, 1.54) is 0 Å². The third-order valence-electron chi connectivity index (χ3n) is 2.67. The summed E-state index contributed by atoms with van der Waals surface area (Å²) in [4.78, 5) is 16.0. The van der Waals surface area contributed by atoms with Gasteiger partial charge in [-0.3, -0.25) is 9.13 Å². The monoisotopic (exact) mass is 285 g/mol. The van der Waals surface area contributed by atoms with Crippen molar-refractivity contribution in [1.82, 2.24) is 14.1 Å². The van der Waals surface area contributed by atoms with Gasteiger partial charge in [0.2, 0.25) is 0 Å². The van der Waals surface area contributed by atoms with Gasteiger partial charge in [-0.2, -0.15) is 0 Å². The van der Waals surface area contributed by atoms with Crippen LogP contribution in [-0.4, -0.2) is 14.1 Å². The zero-order chi connectivity index (χ0) is 13.3. The third-order valence-corrected chi connectivity index (χ3v) is 3.23. The molecule has 2 rings (SSSR count). The van der Waals surface area contributed by atoms with Crippen molar-refractivity contribution in [2.75, 3.05) is 0 Å². The van der Waals surface area contributed by atoms with Gasteiger partial charge in [-0.15, -0.1) is 0 Å². The molecular formula is C12H13Cl2N3O. The number of halogens is 2. The Hall–Kier alpha value is -1.26. The van der Waals surface area contributed by atoms with Crippen LogP contribution in [0.15, 0.2) is 29.5 Å². The molecule has 6 heteroatoms. The van der Waals surface area contributed by atoms with Gasteiger partial charge in [0, 0.05) is 30.2 Å². The second kappa shape index (κ2) is 5.16. The van der Waals surface area contributed by atoms with Gasteiger partial charge in [0.05, 0.1) is 11.6 Å². The lowest BCUT2D eigenvalue weighted by molar-refractivity contribution is 0.561. The van der Waals surface area contributed by atoms with E-state index in [0.29, 0.717) is 16.7 Å². The highest BCUT2D eigenvalue weighted by molar-refractivity contribution is 6.34. The lowest BCUT2D eigenvalue weighted by atomic mass is 10.3. The Morgan fingerprint density at radius 3 is 2.61 bits per heavy atom. The Labute approximate surface area is 115 Å². The minimum absolute atomic E-state index is 0.0592. The van der Waals surface area contributed by atoms with E-state index in [-0.39, 0.29) is 11.7 Å². The topological polar surface area (TPSA) is 39.8 Å². The van der Waals surface area contributed by atoms with E-state index in [9.17, 15) is 4.79 Å². The molecule has 0 aliphatic heterocycles. The summed E-state index contributed by atoms with van der Waals surface area (Å²) >= 11 is 11.8. The zero-order valence-corrected chi connectivity index (χ0v) is 11.6. The SMILES string of the molecule is CC(C)n1ccn(Cc2cnc(Cl)cc2Cl)c1=O. The summed E-state index contributed by atoms with van der Waals surface area (Å²) in [5.41, 5.74) is 0.709. The van der Waals surface area contributed by atoms with Crippen LogP contribution in [0.25, 0.3) is 0 Å². The predicted molar refractivity (Wildman–Crippen MR) is 72.4 cm³/mol. The molecule has 2 heterocycles. The summed E-state index contributed by atoms with van der Waals surface area (Å²) in [6.45, 7) is 4.31. The first-order valence-electron chi connectivity index (χ1n) is 5.56. The van der Waals surface area contributed by atoms with Crippen molar-refractivity contribution in [1.29, 1.82) is 0 Å². The summed E-state index contributed by atoms with van der Waals surface area (Å²) in [5, 5.41) is 0.857. The van der Waals surface area contributed by atoms with Gasteiger partial charge in [0.1, 0.15) is 5.15 Å². The number of aromatic nitrogens is 3. The molecule has 0 bridgehead atoms. The summed E-state index contributed by atoms with van der Waals surface area (Å²) in [5.74, 6) is 0. The van der Waals surface area contributed by atoms with Gasteiger partial charge in [-0.25, -0.2) is 9.78 Å². The first kappa shape index (κ1) is 13.2. The molecule has 2 aromatic rings. The molecule has 0 N–H and O–H groups in total. The normalized spacial score (nSPS) is 11.2. The highest BCUT2D eigenvalue weighted by atomic mass is 35.5. The molecular weight excluding hydrogens is 273 g/mol. The molecule has 0 saturated heterocycles. The molecule has 0 fully saturated rings. The van der Waals surface area contributed by atoms with Crippen molar-refractivity contribution in [3.63, 3.8) is 0 Å². The number of imidazole rings is 1. The maximum absolute atomic E-state index is 12.0. The largest absolute Gasteiger partial charge is 0.328 e. The minimum Gasteiger partial charge on any atom is -0.297 e. The van der Waals surface area contributed by atoms with Crippen molar-refractivity contribution in [3.05, 3.63) is 50.9 Å². The van der Waals surface area contributed by atoms with Gasteiger partial charge >= 0.3 is 5.69 Å². The van der Waals surface area contributed by atoms with Gasteiger partial charge in [-0.1, -0.05) is 23.2 Å². The second-order valence-electron chi connectivity index (χ2n) is 4.31. The summed E-state index contributed by atoms with van der Waals surface area (Å²) in [6, 6.07) is 1.71. The second-order valence-corrected chi connectivity index (χ2v) is 5.10. The molecule has 4 nitrogen and oxygen atoms in total. The van der Waals surface area contributed by atoms with Crippen molar-refractivity contribution < 1.29 is 0 Å². The maximum atomic E-state index is 12.0. The van der Waals surface area contributed by atoms with Gasteiger partial charge in [0.25, 0.3) is 0 Å². The van der Waals surface area contributed by atoms with Gasteiger partial charge in [0.15, 0.2) is 0 Å². The summed E-state index contributed by atoms with van der Waals surface area (Å²) in [7, 11) is 0. The molecule has 0 amide bonds. The van der Waals surface area contributed by atoms with E-state index < -0.39 is 0 Å². The van der Waals surface area contributed by atoms with Gasteiger partial charge in [-0.05, 0) is 19.9 Å². The fourth-order valence-corrected chi connectivity index (χ4v) is 2.10. The smallest absolute Gasteiger partial charge is 0.297 e. The average molecular weight is 286 g/mol. The Morgan fingerprint density at radius 2 is 2.06 bits per heavy atom. The average Bonchev–Trinajstić information content (AvgIpc) is 2.64. The zero-order valence-electron chi connectivity index (χ0n) is 10.1. The van der Waals surface area contributed by atoms with E-state index in [4.69, 9.17) is 23.2 Å². The van der Waals surface area contributed by atoms with E-state index in [1.54, 1.807) is 33.8 Å². The summed E-state index contributed by atoms with van der Waals surface area (Å²) < 4.78 is 3.26. The van der Waals surface area contributed by atoms with Crippen LogP contribution in [0.2, 0.25) is 10.2 Å². The minimum atomic E-state index is -0.0592. The Bertz CT molecular complexity index is 616. The fraction of sp³-hybridized carbons (Fsp3) is 0.333. The standard InChI is InChI=1S/C12H13Cl2N3O/c1-8(2)17-4-3-16(12(17)18)7-9-6-15-11(14)5-10(9)13/h3-6,8H,7H2,1-2H3. The van der Waals surface area contributed by atoms with E-state index in [1.807, 2.05) is 13.8 Å². The maximum Gasteiger partial charge on any atom is 0.328 e. The van der Waals surface area contributed by atoms with Crippen molar-refractivity contribution in [3.8, 4) is 0 Å². The molecule has 0 radical (unpaired) electrons. The van der Waals surface area contributed by atoms with Crippen LogP contribution in [0.3, 0.4) is 0 Å². The lowest BCUT2D eigenvalue weighted by Crippen LogP contribution is -2.25. The molecule has 0 aromatic carbocycles. The third kappa shape index (κ3) is 2.60. The lowest BCUT2D eigenvalue weighted by Gasteiger charge is -2.06. The van der Waals surface area contributed by atoms with E-state index in [2.05, 4.69) is 4.98 Å². The first-order chi connectivity index (χ1) is 8.49. The van der Waals surface area contributed by atoms with Crippen LogP contribution in [-0.2, 0) is 6.54 Å². The number of pyridine rings is 1. The van der Waals surface area contributed by atoms with Gasteiger partial charge < -0.3 is 0 Å². The molecule has 18 heavy (non-hydrogen) atoms. The Balaban J connectivity index is 2.32.